The minimum Gasteiger partial charge on any atom is -0.395 e. The van der Waals surface area contributed by atoms with E-state index in [1.165, 1.54) is 37.8 Å². The van der Waals surface area contributed by atoms with Crippen LogP contribution in [0.1, 0.15) is 50.6 Å². The highest BCUT2D eigenvalue weighted by Gasteiger charge is 2.21. The minimum atomic E-state index is 0.0787. The SMILES string of the molecule is C[C@H](N)c1ccc(N(CCO)C2CCCCC2)cc1. The Balaban J connectivity index is 2.13. The molecule has 19 heavy (non-hydrogen) atoms. The van der Waals surface area contributed by atoms with Gasteiger partial charge in [-0.2, -0.15) is 0 Å². The van der Waals surface area contributed by atoms with Crippen molar-refractivity contribution >= 4 is 5.69 Å². The zero-order valence-corrected chi connectivity index (χ0v) is 11.9. The first-order valence-corrected chi connectivity index (χ1v) is 7.45. The molecule has 0 aliphatic heterocycles. The summed E-state index contributed by atoms with van der Waals surface area (Å²) in [6.07, 6.45) is 6.46. The lowest BCUT2D eigenvalue weighted by Gasteiger charge is -2.36. The molecule has 3 N–H and O–H groups in total. The van der Waals surface area contributed by atoms with Gasteiger partial charge in [-0.1, -0.05) is 31.4 Å². The van der Waals surface area contributed by atoms with Crippen LogP contribution in [0.2, 0.25) is 0 Å². The van der Waals surface area contributed by atoms with Crippen LogP contribution in [-0.4, -0.2) is 24.3 Å². The molecule has 2 rings (SSSR count). The molecule has 1 aromatic carbocycles. The molecule has 1 aliphatic carbocycles. The van der Waals surface area contributed by atoms with Crippen LogP contribution >= 0.6 is 0 Å². The molecule has 0 heterocycles. The summed E-state index contributed by atoms with van der Waals surface area (Å²) < 4.78 is 0. The topological polar surface area (TPSA) is 49.5 Å². The Morgan fingerprint density at radius 1 is 1.21 bits per heavy atom. The number of anilines is 1. The summed E-state index contributed by atoms with van der Waals surface area (Å²) in [5.41, 5.74) is 8.26. The molecule has 1 saturated carbocycles. The molecule has 3 nitrogen and oxygen atoms in total. The number of hydrogen-bond donors (Lipinski definition) is 2. The summed E-state index contributed by atoms with van der Waals surface area (Å²) in [6.45, 7) is 2.94. The quantitative estimate of drug-likeness (QED) is 0.858. The normalized spacial score (nSPS) is 18.3. The largest absolute Gasteiger partial charge is 0.395 e. The van der Waals surface area contributed by atoms with Crippen molar-refractivity contribution < 1.29 is 5.11 Å². The standard InChI is InChI=1S/C16H26N2O/c1-13(17)14-7-9-16(10-8-14)18(11-12-19)15-5-3-2-4-6-15/h7-10,13,15,19H,2-6,11-12,17H2,1H3/t13-/m0/s1. The number of nitrogens with zero attached hydrogens (tertiary/aromatic N) is 1. The summed E-state index contributed by atoms with van der Waals surface area (Å²) in [6, 6.07) is 9.16. The van der Waals surface area contributed by atoms with E-state index in [0.29, 0.717) is 6.04 Å². The maximum atomic E-state index is 9.31. The van der Waals surface area contributed by atoms with Crippen molar-refractivity contribution in [3.8, 4) is 0 Å². The van der Waals surface area contributed by atoms with E-state index in [9.17, 15) is 5.11 Å². The summed E-state index contributed by atoms with van der Waals surface area (Å²) >= 11 is 0. The molecule has 0 saturated heterocycles. The Bertz CT molecular complexity index is 369. The van der Waals surface area contributed by atoms with Crippen LogP contribution < -0.4 is 10.6 Å². The van der Waals surface area contributed by atoms with Crippen molar-refractivity contribution in [3.05, 3.63) is 29.8 Å². The van der Waals surface area contributed by atoms with Crippen LogP contribution in [0.5, 0.6) is 0 Å². The second kappa shape index (κ2) is 6.92. The lowest BCUT2D eigenvalue weighted by atomic mass is 9.93. The van der Waals surface area contributed by atoms with Gasteiger partial charge in [-0.15, -0.1) is 0 Å². The van der Waals surface area contributed by atoms with Crippen LogP contribution in [0.25, 0.3) is 0 Å². The molecule has 106 valence electrons. The first kappa shape index (κ1) is 14.4. The third-order valence-corrected chi connectivity index (χ3v) is 4.11. The van der Waals surface area contributed by atoms with Crippen molar-refractivity contribution in [1.29, 1.82) is 0 Å². The Kier molecular flexibility index (Phi) is 5.23. The fourth-order valence-electron chi connectivity index (χ4n) is 2.99. The van der Waals surface area contributed by atoms with Crippen LogP contribution in [0.15, 0.2) is 24.3 Å². The maximum Gasteiger partial charge on any atom is 0.0606 e. The van der Waals surface area contributed by atoms with Crippen LogP contribution in [0.3, 0.4) is 0 Å². The van der Waals surface area contributed by atoms with Gasteiger partial charge in [0.2, 0.25) is 0 Å². The van der Waals surface area contributed by atoms with Crippen molar-refractivity contribution in [2.45, 2.75) is 51.1 Å². The van der Waals surface area contributed by atoms with E-state index >= 15 is 0 Å². The van der Waals surface area contributed by atoms with Crippen molar-refractivity contribution in [2.75, 3.05) is 18.1 Å². The summed E-state index contributed by atoms with van der Waals surface area (Å²) in [4.78, 5) is 2.37. The Labute approximate surface area is 116 Å². The van der Waals surface area contributed by atoms with Crippen molar-refractivity contribution in [2.24, 2.45) is 5.73 Å². The highest BCUT2D eigenvalue weighted by atomic mass is 16.3. The van der Waals surface area contributed by atoms with Crippen LogP contribution in [-0.2, 0) is 0 Å². The fourth-order valence-corrected chi connectivity index (χ4v) is 2.99. The molecule has 0 radical (unpaired) electrons. The number of aliphatic hydroxyl groups excluding tert-OH is 1. The molecule has 1 atom stereocenters. The molecule has 0 amide bonds. The molecule has 3 heteroatoms. The Hall–Kier alpha value is -1.06. The second-order valence-corrected chi connectivity index (χ2v) is 5.59. The molecule has 0 bridgehead atoms. The van der Waals surface area contributed by atoms with Crippen molar-refractivity contribution in [3.63, 3.8) is 0 Å². The van der Waals surface area contributed by atoms with Gasteiger partial charge < -0.3 is 15.7 Å². The van der Waals surface area contributed by atoms with Gasteiger partial charge in [0.25, 0.3) is 0 Å². The highest BCUT2D eigenvalue weighted by Crippen LogP contribution is 2.27. The number of benzene rings is 1. The van der Waals surface area contributed by atoms with Crippen molar-refractivity contribution in [1.82, 2.24) is 0 Å². The fraction of sp³-hybridized carbons (Fsp3) is 0.625. The number of rotatable bonds is 5. The summed E-state index contributed by atoms with van der Waals surface area (Å²) in [7, 11) is 0. The van der Waals surface area contributed by atoms with Gasteiger partial charge in [0.1, 0.15) is 0 Å². The zero-order chi connectivity index (χ0) is 13.7. The summed E-state index contributed by atoms with van der Waals surface area (Å²) in [5.74, 6) is 0. The smallest absolute Gasteiger partial charge is 0.0606 e. The van der Waals surface area contributed by atoms with E-state index in [4.69, 9.17) is 5.73 Å². The third-order valence-electron chi connectivity index (χ3n) is 4.11. The Morgan fingerprint density at radius 2 is 1.84 bits per heavy atom. The van der Waals surface area contributed by atoms with Gasteiger partial charge in [0, 0.05) is 24.3 Å². The van der Waals surface area contributed by atoms with Crippen LogP contribution in [0.4, 0.5) is 5.69 Å². The third kappa shape index (κ3) is 3.71. The molecular weight excluding hydrogens is 236 g/mol. The van der Waals surface area contributed by atoms with Gasteiger partial charge in [-0.05, 0) is 37.5 Å². The van der Waals surface area contributed by atoms with Gasteiger partial charge >= 0.3 is 0 Å². The monoisotopic (exact) mass is 262 g/mol. The molecular formula is C16H26N2O. The predicted octanol–water partition coefficient (Wildman–Crippen LogP) is 2.84. The molecule has 0 unspecified atom stereocenters. The maximum absolute atomic E-state index is 9.31. The van der Waals surface area contributed by atoms with E-state index in [1.807, 2.05) is 6.92 Å². The molecule has 0 spiro atoms. The highest BCUT2D eigenvalue weighted by molar-refractivity contribution is 5.49. The summed E-state index contributed by atoms with van der Waals surface area (Å²) in [5, 5.41) is 9.31. The first-order valence-electron chi connectivity index (χ1n) is 7.45. The lowest BCUT2D eigenvalue weighted by molar-refractivity contribution is 0.290. The van der Waals surface area contributed by atoms with Gasteiger partial charge in [0.05, 0.1) is 6.61 Å². The van der Waals surface area contributed by atoms with E-state index in [0.717, 1.165) is 12.1 Å². The zero-order valence-electron chi connectivity index (χ0n) is 11.9. The van der Waals surface area contributed by atoms with Gasteiger partial charge in [0.15, 0.2) is 0 Å². The van der Waals surface area contributed by atoms with E-state index in [1.54, 1.807) is 0 Å². The van der Waals surface area contributed by atoms with Gasteiger partial charge in [-0.3, -0.25) is 0 Å². The average Bonchev–Trinajstić information content (AvgIpc) is 2.46. The first-order chi connectivity index (χ1) is 9.22. The average molecular weight is 262 g/mol. The predicted molar refractivity (Wildman–Crippen MR) is 80.3 cm³/mol. The Morgan fingerprint density at radius 3 is 2.37 bits per heavy atom. The van der Waals surface area contributed by atoms with Gasteiger partial charge in [-0.25, -0.2) is 0 Å². The number of hydrogen-bond acceptors (Lipinski definition) is 3. The van der Waals surface area contributed by atoms with E-state index in [2.05, 4.69) is 29.2 Å². The van der Waals surface area contributed by atoms with Crippen LogP contribution in [0, 0.1) is 0 Å². The lowest BCUT2D eigenvalue weighted by Crippen LogP contribution is -2.38. The number of aliphatic hydroxyl groups is 1. The molecule has 0 aromatic heterocycles. The molecule has 1 aromatic rings. The molecule has 1 fully saturated rings. The van der Waals surface area contributed by atoms with E-state index in [-0.39, 0.29) is 12.6 Å². The number of nitrogens with two attached hydrogens (primary N) is 1. The molecule has 1 aliphatic rings. The minimum absolute atomic E-state index is 0.0787. The second-order valence-electron chi connectivity index (χ2n) is 5.59. The van der Waals surface area contributed by atoms with E-state index < -0.39 is 0 Å².